The van der Waals surface area contributed by atoms with Crippen molar-refractivity contribution in [2.45, 2.75) is 38.6 Å². The first kappa shape index (κ1) is 14.4. The van der Waals surface area contributed by atoms with Crippen LogP contribution in [0.1, 0.15) is 42.1 Å². The van der Waals surface area contributed by atoms with Gasteiger partial charge in [0.25, 0.3) is 5.91 Å². The van der Waals surface area contributed by atoms with Gasteiger partial charge in [0.2, 0.25) is 0 Å². The Labute approximate surface area is 126 Å². The van der Waals surface area contributed by atoms with E-state index in [1.165, 1.54) is 24.2 Å². The maximum Gasteiger partial charge on any atom is 0.251 e. The van der Waals surface area contributed by atoms with Crippen LogP contribution < -0.4 is 10.6 Å². The Kier molecular flexibility index (Phi) is 4.44. The molecule has 1 fully saturated rings. The van der Waals surface area contributed by atoms with Gasteiger partial charge in [-0.15, -0.1) is 0 Å². The molecule has 0 radical (unpaired) electrons. The number of rotatable bonds is 4. The number of nitrogens with zero attached hydrogens (tertiary/aromatic N) is 1. The van der Waals surface area contributed by atoms with Gasteiger partial charge >= 0.3 is 0 Å². The molecule has 2 aliphatic heterocycles. The second-order valence-electron chi connectivity index (χ2n) is 6.14. The minimum absolute atomic E-state index is 0.0821. The molecule has 21 heavy (non-hydrogen) atoms. The molecule has 1 aromatic rings. The third-order valence-electron chi connectivity index (χ3n) is 4.54. The van der Waals surface area contributed by atoms with Crippen molar-refractivity contribution in [1.82, 2.24) is 10.2 Å². The molecule has 3 rings (SSSR count). The van der Waals surface area contributed by atoms with Crippen LogP contribution in [-0.4, -0.2) is 43.0 Å². The lowest BCUT2D eigenvalue weighted by atomic mass is 10.0. The highest BCUT2D eigenvalue weighted by Crippen LogP contribution is 2.23. The van der Waals surface area contributed by atoms with E-state index in [4.69, 9.17) is 0 Å². The summed E-state index contributed by atoms with van der Waals surface area (Å²) in [5, 5.41) is 6.53. The molecule has 0 atom stereocenters. The van der Waals surface area contributed by atoms with E-state index in [9.17, 15) is 4.79 Å². The lowest BCUT2D eigenvalue weighted by Gasteiger charge is -2.32. The molecule has 0 bridgehead atoms. The number of fused-ring (bicyclic) bond motifs is 1. The van der Waals surface area contributed by atoms with Gasteiger partial charge < -0.3 is 15.5 Å². The van der Waals surface area contributed by atoms with Gasteiger partial charge in [-0.05, 0) is 56.0 Å². The summed E-state index contributed by atoms with van der Waals surface area (Å²) in [4.78, 5) is 14.9. The Morgan fingerprint density at radius 2 is 2.19 bits per heavy atom. The van der Waals surface area contributed by atoms with Gasteiger partial charge in [-0.1, -0.05) is 6.92 Å². The van der Waals surface area contributed by atoms with Crippen molar-refractivity contribution in [2.75, 3.05) is 31.5 Å². The van der Waals surface area contributed by atoms with E-state index in [0.29, 0.717) is 6.04 Å². The van der Waals surface area contributed by atoms with Crippen molar-refractivity contribution >= 4 is 11.6 Å². The van der Waals surface area contributed by atoms with Crippen LogP contribution in [0.15, 0.2) is 18.2 Å². The molecule has 0 aliphatic carbocycles. The highest BCUT2D eigenvalue weighted by Gasteiger charge is 2.21. The number of amides is 1. The number of hydrogen-bond acceptors (Lipinski definition) is 3. The smallest absolute Gasteiger partial charge is 0.251 e. The summed E-state index contributed by atoms with van der Waals surface area (Å²) in [5.74, 6) is 0.0821. The summed E-state index contributed by atoms with van der Waals surface area (Å²) >= 11 is 0. The molecular weight excluding hydrogens is 262 g/mol. The van der Waals surface area contributed by atoms with Crippen LogP contribution >= 0.6 is 0 Å². The second-order valence-corrected chi connectivity index (χ2v) is 6.14. The molecule has 0 spiro atoms. The second kappa shape index (κ2) is 6.48. The summed E-state index contributed by atoms with van der Waals surface area (Å²) in [5.41, 5.74) is 3.24. The third-order valence-corrected chi connectivity index (χ3v) is 4.54. The predicted molar refractivity (Wildman–Crippen MR) is 85.9 cm³/mol. The highest BCUT2D eigenvalue weighted by atomic mass is 16.1. The molecule has 0 aromatic heterocycles. The topological polar surface area (TPSA) is 44.4 Å². The van der Waals surface area contributed by atoms with Gasteiger partial charge in [0.1, 0.15) is 0 Å². The number of carbonyl (C=O) groups excluding carboxylic acids is 1. The zero-order chi connectivity index (χ0) is 14.7. The number of piperidine rings is 1. The Bertz CT molecular complexity index is 507. The summed E-state index contributed by atoms with van der Waals surface area (Å²) in [6.45, 7) is 6.59. The van der Waals surface area contributed by atoms with E-state index < -0.39 is 0 Å². The predicted octanol–water partition coefficient (Wildman–Crippen LogP) is 2.26. The average molecular weight is 287 g/mol. The van der Waals surface area contributed by atoms with Crippen molar-refractivity contribution in [1.29, 1.82) is 0 Å². The van der Waals surface area contributed by atoms with Crippen LogP contribution in [-0.2, 0) is 6.42 Å². The van der Waals surface area contributed by atoms with Gasteiger partial charge in [-0.2, -0.15) is 0 Å². The van der Waals surface area contributed by atoms with Crippen molar-refractivity contribution in [3.63, 3.8) is 0 Å². The highest BCUT2D eigenvalue weighted by molar-refractivity contribution is 5.95. The largest absolute Gasteiger partial charge is 0.384 e. The molecule has 2 heterocycles. The molecule has 1 aromatic carbocycles. The first-order valence-electron chi connectivity index (χ1n) is 8.16. The van der Waals surface area contributed by atoms with Crippen LogP contribution in [0.5, 0.6) is 0 Å². The van der Waals surface area contributed by atoms with Crippen LogP contribution in [0, 0.1) is 0 Å². The molecule has 114 valence electrons. The van der Waals surface area contributed by atoms with Crippen LogP contribution in [0.3, 0.4) is 0 Å². The lowest BCUT2D eigenvalue weighted by Crippen LogP contribution is -2.44. The van der Waals surface area contributed by atoms with Gasteiger partial charge in [-0.3, -0.25) is 4.79 Å². The van der Waals surface area contributed by atoms with E-state index in [2.05, 4.69) is 22.5 Å². The monoisotopic (exact) mass is 287 g/mol. The fourth-order valence-corrected chi connectivity index (χ4v) is 3.33. The quantitative estimate of drug-likeness (QED) is 0.893. The summed E-state index contributed by atoms with van der Waals surface area (Å²) in [7, 11) is 0. The van der Waals surface area contributed by atoms with E-state index in [1.54, 1.807) is 0 Å². The van der Waals surface area contributed by atoms with E-state index in [1.807, 2.05) is 18.2 Å². The SMILES string of the molecule is CCCN1CCC(NC(=O)c2ccc3c(c2)CCN3)CC1. The van der Waals surface area contributed by atoms with Crippen LogP contribution in [0.4, 0.5) is 5.69 Å². The summed E-state index contributed by atoms with van der Waals surface area (Å²) < 4.78 is 0. The first-order chi connectivity index (χ1) is 10.3. The number of nitrogens with one attached hydrogen (secondary N) is 2. The normalized spacial score (nSPS) is 19.1. The van der Waals surface area contributed by atoms with Gasteiger partial charge in [-0.25, -0.2) is 0 Å². The number of likely N-dealkylation sites (tertiary alicyclic amines) is 1. The lowest BCUT2D eigenvalue weighted by molar-refractivity contribution is 0.0911. The van der Waals surface area contributed by atoms with Crippen molar-refractivity contribution in [3.05, 3.63) is 29.3 Å². The van der Waals surface area contributed by atoms with Gasteiger partial charge in [0.05, 0.1) is 0 Å². The van der Waals surface area contributed by atoms with Crippen LogP contribution in [0.25, 0.3) is 0 Å². The molecule has 1 saturated heterocycles. The molecule has 0 unspecified atom stereocenters. The molecule has 4 nitrogen and oxygen atoms in total. The molecule has 1 amide bonds. The zero-order valence-corrected chi connectivity index (χ0v) is 12.8. The summed E-state index contributed by atoms with van der Waals surface area (Å²) in [6, 6.07) is 6.33. The molecule has 2 N–H and O–H groups in total. The Morgan fingerprint density at radius 1 is 1.38 bits per heavy atom. The van der Waals surface area contributed by atoms with E-state index in [0.717, 1.165) is 44.5 Å². The van der Waals surface area contributed by atoms with Crippen LogP contribution in [0.2, 0.25) is 0 Å². The number of benzene rings is 1. The maximum absolute atomic E-state index is 12.4. The number of hydrogen-bond donors (Lipinski definition) is 2. The van der Waals surface area contributed by atoms with Gasteiger partial charge in [0.15, 0.2) is 0 Å². The Hall–Kier alpha value is -1.55. The molecule has 2 aliphatic rings. The van der Waals surface area contributed by atoms with Gasteiger partial charge in [0, 0.05) is 36.9 Å². The fraction of sp³-hybridized carbons (Fsp3) is 0.588. The molecular formula is C17H25N3O. The molecule has 4 heteroatoms. The minimum Gasteiger partial charge on any atom is -0.384 e. The summed E-state index contributed by atoms with van der Waals surface area (Å²) in [6.07, 6.45) is 4.36. The zero-order valence-electron chi connectivity index (χ0n) is 12.8. The van der Waals surface area contributed by atoms with Crippen molar-refractivity contribution in [3.8, 4) is 0 Å². The fourth-order valence-electron chi connectivity index (χ4n) is 3.33. The van der Waals surface area contributed by atoms with E-state index >= 15 is 0 Å². The average Bonchev–Trinajstić information content (AvgIpc) is 2.97. The third kappa shape index (κ3) is 3.38. The van der Waals surface area contributed by atoms with Crippen molar-refractivity contribution in [2.24, 2.45) is 0 Å². The Morgan fingerprint density at radius 3 is 2.95 bits per heavy atom. The first-order valence-corrected chi connectivity index (χ1v) is 8.16. The standard InChI is InChI=1S/C17H25N3O/c1-2-9-20-10-6-15(7-11-20)19-17(21)14-3-4-16-13(12-14)5-8-18-16/h3-4,12,15,18H,2,5-11H2,1H3,(H,19,21). The minimum atomic E-state index is 0.0821. The number of carbonyl (C=O) groups is 1. The maximum atomic E-state index is 12.4. The molecule has 0 saturated carbocycles. The van der Waals surface area contributed by atoms with Crippen molar-refractivity contribution < 1.29 is 4.79 Å². The Balaban J connectivity index is 1.55. The number of anilines is 1. The van der Waals surface area contributed by atoms with E-state index in [-0.39, 0.29) is 5.91 Å².